The number of esters is 1. The van der Waals surface area contributed by atoms with E-state index >= 15 is 0 Å². The van der Waals surface area contributed by atoms with E-state index in [4.69, 9.17) is 4.74 Å². The first-order chi connectivity index (χ1) is 14.1. The summed E-state index contributed by atoms with van der Waals surface area (Å²) in [5.41, 5.74) is 2.13. The predicted octanol–water partition coefficient (Wildman–Crippen LogP) is 3.54. The second-order valence-electron chi connectivity index (χ2n) is 7.50. The van der Waals surface area contributed by atoms with Crippen LogP contribution in [-0.2, 0) is 16.1 Å². The fourth-order valence-corrected chi connectivity index (χ4v) is 4.57. The highest BCUT2D eigenvalue weighted by molar-refractivity contribution is 7.09. The van der Waals surface area contributed by atoms with Crippen LogP contribution < -0.4 is 5.32 Å². The standard InChI is InChI=1S/C22H25N3O3S/c1-24(13-17-9-6-12-29-17)14-18-19(21(26)28-2)20(15-7-4-3-5-8-15)23-22(27)25(18)16-10-11-16/h3-9,12,16,20H,10-11,13-14H2,1-2H3,(H,23,27)/t20-/m1/s1. The molecule has 0 saturated heterocycles. The normalized spacial score (nSPS) is 19.5. The molecule has 1 atom stereocenters. The summed E-state index contributed by atoms with van der Waals surface area (Å²) >= 11 is 1.70. The Bertz CT molecular complexity index is 907. The molecule has 1 fully saturated rings. The van der Waals surface area contributed by atoms with Gasteiger partial charge in [0.1, 0.15) is 0 Å². The molecule has 29 heavy (non-hydrogen) atoms. The third kappa shape index (κ3) is 4.21. The van der Waals surface area contributed by atoms with Crippen LogP contribution in [0.2, 0.25) is 0 Å². The Kier molecular flexibility index (Phi) is 5.69. The van der Waals surface area contributed by atoms with E-state index in [0.29, 0.717) is 12.1 Å². The highest BCUT2D eigenvalue weighted by Crippen LogP contribution is 2.38. The van der Waals surface area contributed by atoms with Gasteiger partial charge in [-0.25, -0.2) is 9.59 Å². The number of urea groups is 1. The molecule has 2 heterocycles. The molecule has 4 rings (SSSR count). The summed E-state index contributed by atoms with van der Waals surface area (Å²) in [5, 5.41) is 5.08. The maximum Gasteiger partial charge on any atom is 0.338 e. The number of carbonyl (C=O) groups excluding carboxylic acids is 2. The Balaban J connectivity index is 1.74. The molecule has 0 spiro atoms. The van der Waals surface area contributed by atoms with Crippen LogP contribution in [0.5, 0.6) is 0 Å². The minimum atomic E-state index is -0.517. The van der Waals surface area contributed by atoms with E-state index < -0.39 is 12.0 Å². The zero-order chi connectivity index (χ0) is 20.4. The van der Waals surface area contributed by atoms with Crippen LogP contribution in [0.4, 0.5) is 4.79 Å². The summed E-state index contributed by atoms with van der Waals surface area (Å²) in [7, 11) is 3.40. The van der Waals surface area contributed by atoms with E-state index in [1.165, 1.54) is 12.0 Å². The quantitative estimate of drug-likeness (QED) is 0.708. The number of hydrogen-bond donors (Lipinski definition) is 1. The van der Waals surface area contributed by atoms with E-state index in [9.17, 15) is 9.59 Å². The van der Waals surface area contributed by atoms with Crippen molar-refractivity contribution in [3.63, 3.8) is 0 Å². The summed E-state index contributed by atoms with van der Waals surface area (Å²) in [6.07, 6.45) is 1.91. The average molecular weight is 412 g/mol. The lowest BCUT2D eigenvalue weighted by atomic mass is 9.94. The molecule has 6 nitrogen and oxygen atoms in total. The fraction of sp³-hybridized carbons (Fsp3) is 0.364. The molecule has 0 radical (unpaired) electrons. The van der Waals surface area contributed by atoms with Crippen molar-refractivity contribution in [1.29, 1.82) is 0 Å². The van der Waals surface area contributed by atoms with Crippen LogP contribution in [0, 0.1) is 0 Å². The number of methoxy groups -OCH3 is 1. The van der Waals surface area contributed by atoms with Gasteiger partial charge < -0.3 is 10.1 Å². The number of benzene rings is 1. The number of ether oxygens (including phenoxy) is 1. The van der Waals surface area contributed by atoms with Gasteiger partial charge in [0.2, 0.25) is 0 Å². The van der Waals surface area contributed by atoms with E-state index in [1.54, 1.807) is 16.2 Å². The molecule has 1 N–H and O–H groups in total. The van der Waals surface area contributed by atoms with E-state index in [-0.39, 0.29) is 12.1 Å². The lowest BCUT2D eigenvalue weighted by Gasteiger charge is -2.38. The zero-order valence-corrected chi connectivity index (χ0v) is 17.4. The first-order valence-electron chi connectivity index (χ1n) is 9.75. The number of rotatable bonds is 7. The Morgan fingerprint density at radius 3 is 2.59 bits per heavy atom. The molecule has 152 valence electrons. The maximum absolute atomic E-state index is 13.0. The van der Waals surface area contributed by atoms with Crippen molar-refractivity contribution in [2.45, 2.75) is 31.5 Å². The lowest BCUT2D eigenvalue weighted by Crippen LogP contribution is -2.51. The van der Waals surface area contributed by atoms with Gasteiger partial charge in [0.25, 0.3) is 0 Å². The van der Waals surface area contributed by atoms with Gasteiger partial charge in [0, 0.05) is 29.7 Å². The first-order valence-corrected chi connectivity index (χ1v) is 10.6. The topological polar surface area (TPSA) is 61.9 Å². The van der Waals surface area contributed by atoms with Gasteiger partial charge >= 0.3 is 12.0 Å². The van der Waals surface area contributed by atoms with Gasteiger partial charge in [-0.3, -0.25) is 9.80 Å². The van der Waals surface area contributed by atoms with Crippen molar-refractivity contribution in [3.05, 3.63) is 69.6 Å². The number of carbonyl (C=O) groups is 2. The van der Waals surface area contributed by atoms with Gasteiger partial charge in [-0.1, -0.05) is 36.4 Å². The fourth-order valence-electron chi connectivity index (χ4n) is 3.79. The SMILES string of the molecule is COC(=O)C1=C(CN(C)Cc2cccs2)N(C2CC2)C(=O)N[C@@H]1c1ccccc1. The highest BCUT2D eigenvalue weighted by atomic mass is 32.1. The summed E-state index contributed by atoms with van der Waals surface area (Å²) in [5.74, 6) is -0.399. The zero-order valence-electron chi connectivity index (χ0n) is 16.6. The van der Waals surface area contributed by atoms with Crippen molar-refractivity contribution in [2.75, 3.05) is 20.7 Å². The molecule has 1 aliphatic carbocycles. The van der Waals surface area contributed by atoms with Crippen molar-refractivity contribution in [3.8, 4) is 0 Å². The number of hydrogen-bond acceptors (Lipinski definition) is 5. The molecule has 2 amide bonds. The molecular formula is C22H25N3O3S. The Labute approximate surface area is 174 Å². The highest BCUT2D eigenvalue weighted by Gasteiger charge is 2.44. The lowest BCUT2D eigenvalue weighted by molar-refractivity contribution is -0.136. The van der Waals surface area contributed by atoms with Gasteiger partial charge in [-0.05, 0) is 36.9 Å². The number of nitrogens with zero attached hydrogens (tertiary/aromatic N) is 2. The van der Waals surface area contributed by atoms with Crippen LogP contribution in [-0.4, -0.2) is 48.5 Å². The molecule has 1 aromatic heterocycles. The van der Waals surface area contributed by atoms with Crippen molar-refractivity contribution in [2.24, 2.45) is 0 Å². The molecule has 7 heteroatoms. The number of nitrogens with one attached hydrogen (secondary N) is 1. The van der Waals surface area contributed by atoms with Gasteiger partial charge in [0.05, 0.1) is 18.7 Å². The Morgan fingerprint density at radius 2 is 1.97 bits per heavy atom. The van der Waals surface area contributed by atoms with Crippen LogP contribution >= 0.6 is 11.3 Å². The molecule has 2 aliphatic rings. The van der Waals surface area contributed by atoms with Crippen molar-refractivity contribution in [1.82, 2.24) is 15.1 Å². The summed E-state index contributed by atoms with van der Waals surface area (Å²) < 4.78 is 5.15. The molecular weight excluding hydrogens is 386 g/mol. The Hall–Kier alpha value is -2.64. The van der Waals surface area contributed by atoms with Gasteiger partial charge in [-0.2, -0.15) is 0 Å². The third-order valence-electron chi connectivity index (χ3n) is 5.25. The largest absolute Gasteiger partial charge is 0.466 e. The van der Waals surface area contributed by atoms with Crippen molar-refractivity contribution >= 4 is 23.3 Å². The predicted molar refractivity (Wildman–Crippen MR) is 112 cm³/mol. The van der Waals surface area contributed by atoms with E-state index in [2.05, 4.69) is 21.7 Å². The summed E-state index contributed by atoms with van der Waals surface area (Å²) in [6.45, 7) is 1.25. The molecule has 0 bridgehead atoms. The van der Waals surface area contributed by atoms with E-state index in [1.807, 2.05) is 43.4 Å². The smallest absolute Gasteiger partial charge is 0.338 e. The Morgan fingerprint density at radius 1 is 1.21 bits per heavy atom. The van der Waals surface area contributed by atoms with Crippen LogP contribution in [0.25, 0.3) is 0 Å². The molecule has 0 unspecified atom stereocenters. The third-order valence-corrected chi connectivity index (χ3v) is 6.11. The number of amides is 2. The summed E-state index contributed by atoms with van der Waals surface area (Å²) in [6, 6.07) is 13.2. The summed E-state index contributed by atoms with van der Waals surface area (Å²) in [4.78, 5) is 31.1. The second-order valence-corrected chi connectivity index (χ2v) is 8.53. The maximum atomic E-state index is 13.0. The second kappa shape index (κ2) is 8.39. The van der Waals surface area contributed by atoms with Crippen molar-refractivity contribution < 1.29 is 14.3 Å². The number of thiophene rings is 1. The molecule has 1 saturated carbocycles. The monoisotopic (exact) mass is 411 g/mol. The minimum absolute atomic E-state index is 0.145. The molecule has 1 aromatic carbocycles. The molecule has 2 aromatic rings. The number of likely N-dealkylation sites (N-methyl/N-ethyl adjacent to an activating group) is 1. The van der Waals surface area contributed by atoms with Gasteiger partial charge in [0.15, 0.2) is 0 Å². The minimum Gasteiger partial charge on any atom is -0.466 e. The average Bonchev–Trinajstić information content (AvgIpc) is 3.43. The first kappa shape index (κ1) is 19.7. The van der Waals surface area contributed by atoms with Crippen LogP contribution in [0.3, 0.4) is 0 Å². The molecule has 1 aliphatic heterocycles. The van der Waals surface area contributed by atoms with E-state index in [0.717, 1.165) is 30.6 Å². The van der Waals surface area contributed by atoms with Crippen LogP contribution in [0.15, 0.2) is 59.1 Å². The van der Waals surface area contributed by atoms with Gasteiger partial charge in [-0.15, -0.1) is 11.3 Å². The van der Waals surface area contributed by atoms with Crippen LogP contribution in [0.1, 0.15) is 29.3 Å².